The average molecular weight is 379 g/mol. The molecule has 2 aliphatic heterocycles. The molecule has 3 rings (SSSR count). The summed E-state index contributed by atoms with van der Waals surface area (Å²) in [5.74, 6) is -0.696. The van der Waals surface area contributed by atoms with Crippen LogP contribution in [0.5, 0.6) is 0 Å². The first-order valence-electron chi connectivity index (χ1n) is 8.95. The van der Waals surface area contributed by atoms with Crippen molar-refractivity contribution in [2.24, 2.45) is 5.92 Å². The van der Waals surface area contributed by atoms with Gasteiger partial charge in [-0.3, -0.25) is 9.59 Å². The number of rotatable bonds is 3. The molecule has 1 aromatic rings. The lowest BCUT2D eigenvalue weighted by atomic mass is 9.97. The average Bonchev–Trinajstić information content (AvgIpc) is 2.64. The number of nitrogens with one attached hydrogen (secondary N) is 1. The van der Waals surface area contributed by atoms with Gasteiger partial charge in [-0.05, 0) is 38.8 Å². The van der Waals surface area contributed by atoms with E-state index in [0.29, 0.717) is 32.5 Å². The first-order valence-corrected chi connectivity index (χ1v) is 10.4. The number of aryl methyl sites for hydroxylation is 1. The van der Waals surface area contributed by atoms with E-state index in [1.165, 1.54) is 4.31 Å². The van der Waals surface area contributed by atoms with Gasteiger partial charge in [0.1, 0.15) is 6.04 Å². The summed E-state index contributed by atoms with van der Waals surface area (Å²) in [6.45, 7) is 5.09. The lowest BCUT2D eigenvalue weighted by Crippen LogP contribution is -2.58. The molecule has 8 heteroatoms. The normalized spacial score (nSPS) is 25.0. The summed E-state index contributed by atoms with van der Waals surface area (Å²) < 4.78 is 27.2. The summed E-state index contributed by atoms with van der Waals surface area (Å²) in [5, 5.41) is 2.74. The second-order valence-electron chi connectivity index (χ2n) is 7.01. The van der Waals surface area contributed by atoms with E-state index in [4.69, 9.17) is 0 Å². The minimum atomic E-state index is -3.62. The van der Waals surface area contributed by atoms with Crippen LogP contribution >= 0.6 is 0 Å². The third-order valence-electron chi connectivity index (χ3n) is 5.17. The van der Waals surface area contributed by atoms with Gasteiger partial charge >= 0.3 is 0 Å². The fourth-order valence-electron chi connectivity index (χ4n) is 3.54. The standard InChI is InChI=1S/C18H25N3O4S/c1-13-5-7-16(8-6-13)26(24,25)20-10-3-4-15(12-20)18(23)21-11-9-19-17(22)14(21)2/h5-8,14-15H,3-4,9-12H2,1-2H3,(H,19,22). The molecular weight excluding hydrogens is 354 g/mol. The maximum Gasteiger partial charge on any atom is 0.243 e. The van der Waals surface area contributed by atoms with Crippen molar-refractivity contribution in [3.63, 3.8) is 0 Å². The van der Waals surface area contributed by atoms with E-state index in [2.05, 4.69) is 5.32 Å². The minimum absolute atomic E-state index is 0.129. The van der Waals surface area contributed by atoms with Crippen LogP contribution in [0.1, 0.15) is 25.3 Å². The maximum absolute atomic E-state index is 12.9. The van der Waals surface area contributed by atoms with Crippen LogP contribution in [0.3, 0.4) is 0 Å². The van der Waals surface area contributed by atoms with E-state index in [1.807, 2.05) is 6.92 Å². The van der Waals surface area contributed by atoms with Crippen LogP contribution in [-0.2, 0) is 19.6 Å². The first kappa shape index (κ1) is 18.8. The molecule has 2 saturated heterocycles. The van der Waals surface area contributed by atoms with Gasteiger partial charge in [-0.15, -0.1) is 0 Å². The van der Waals surface area contributed by atoms with Gasteiger partial charge in [-0.25, -0.2) is 8.42 Å². The molecule has 142 valence electrons. The highest BCUT2D eigenvalue weighted by molar-refractivity contribution is 7.89. The molecule has 0 saturated carbocycles. The van der Waals surface area contributed by atoms with Gasteiger partial charge in [0, 0.05) is 26.2 Å². The molecule has 2 heterocycles. The second kappa shape index (κ2) is 7.36. The summed E-state index contributed by atoms with van der Waals surface area (Å²) in [4.78, 5) is 26.5. The molecule has 2 aliphatic rings. The Bertz CT molecular complexity index is 791. The van der Waals surface area contributed by atoms with Crippen molar-refractivity contribution in [1.29, 1.82) is 0 Å². The Hall–Kier alpha value is -1.93. The number of sulfonamides is 1. The van der Waals surface area contributed by atoms with Gasteiger partial charge in [0.25, 0.3) is 0 Å². The number of hydrogen-bond donors (Lipinski definition) is 1. The molecule has 0 bridgehead atoms. The molecule has 2 unspecified atom stereocenters. The highest BCUT2D eigenvalue weighted by atomic mass is 32.2. The van der Waals surface area contributed by atoms with Crippen molar-refractivity contribution in [2.45, 2.75) is 37.6 Å². The van der Waals surface area contributed by atoms with Crippen LogP contribution < -0.4 is 5.32 Å². The largest absolute Gasteiger partial charge is 0.353 e. The molecule has 0 aliphatic carbocycles. The van der Waals surface area contributed by atoms with Crippen LogP contribution in [0.25, 0.3) is 0 Å². The van der Waals surface area contributed by atoms with Crippen molar-refractivity contribution in [1.82, 2.24) is 14.5 Å². The van der Waals surface area contributed by atoms with E-state index >= 15 is 0 Å². The van der Waals surface area contributed by atoms with Crippen molar-refractivity contribution in [3.8, 4) is 0 Å². The maximum atomic E-state index is 12.9. The lowest BCUT2D eigenvalue weighted by Gasteiger charge is -2.38. The molecule has 1 aromatic carbocycles. The van der Waals surface area contributed by atoms with Crippen molar-refractivity contribution >= 4 is 21.8 Å². The van der Waals surface area contributed by atoms with Crippen LogP contribution in [0, 0.1) is 12.8 Å². The third kappa shape index (κ3) is 3.61. The lowest BCUT2D eigenvalue weighted by molar-refractivity contribution is -0.146. The zero-order valence-corrected chi connectivity index (χ0v) is 16.0. The van der Waals surface area contributed by atoms with E-state index in [9.17, 15) is 18.0 Å². The number of piperazine rings is 1. The van der Waals surface area contributed by atoms with E-state index in [-0.39, 0.29) is 23.3 Å². The zero-order valence-electron chi connectivity index (χ0n) is 15.1. The van der Waals surface area contributed by atoms with Gasteiger partial charge in [0.05, 0.1) is 10.8 Å². The molecule has 0 spiro atoms. The molecule has 2 atom stereocenters. The highest BCUT2D eigenvalue weighted by Gasteiger charge is 2.38. The Morgan fingerprint density at radius 2 is 1.88 bits per heavy atom. The number of nitrogens with zero attached hydrogens (tertiary/aromatic N) is 2. The van der Waals surface area contributed by atoms with Crippen LogP contribution in [0.4, 0.5) is 0 Å². The summed E-state index contributed by atoms with van der Waals surface area (Å²) in [6, 6.07) is 6.24. The quantitative estimate of drug-likeness (QED) is 0.839. The molecule has 1 N–H and O–H groups in total. The summed E-state index contributed by atoms with van der Waals surface area (Å²) in [5.41, 5.74) is 0.994. The first-order chi connectivity index (χ1) is 12.3. The number of carbonyl (C=O) groups excluding carboxylic acids is 2. The Morgan fingerprint density at radius 3 is 2.58 bits per heavy atom. The fourth-order valence-corrected chi connectivity index (χ4v) is 5.06. The molecule has 2 amide bonds. The predicted molar refractivity (Wildman–Crippen MR) is 96.8 cm³/mol. The number of benzene rings is 1. The Morgan fingerprint density at radius 1 is 1.19 bits per heavy atom. The summed E-state index contributed by atoms with van der Waals surface area (Å²) in [7, 11) is -3.62. The fraction of sp³-hybridized carbons (Fsp3) is 0.556. The second-order valence-corrected chi connectivity index (χ2v) is 8.95. The van der Waals surface area contributed by atoms with E-state index in [0.717, 1.165) is 5.56 Å². The number of carbonyl (C=O) groups is 2. The summed E-state index contributed by atoms with van der Waals surface area (Å²) in [6.07, 6.45) is 1.28. The molecular formula is C18H25N3O4S. The number of piperidine rings is 1. The monoisotopic (exact) mass is 379 g/mol. The summed E-state index contributed by atoms with van der Waals surface area (Å²) >= 11 is 0. The number of amides is 2. The van der Waals surface area contributed by atoms with Gasteiger partial charge < -0.3 is 10.2 Å². The van der Waals surface area contributed by atoms with Gasteiger partial charge in [-0.2, -0.15) is 4.31 Å². The molecule has 0 radical (unpaired) electrons. The Kier molecular flexibility index (Phi) is 5.34. The van der Waals surface area contributed by atoms with Gasteiger partial charge in [-0.1, -0.05) is 17.7 Å². The Labute approximate surface area is 154 Å². The molecule has 7 nitrogen and oxygen atoms in total. The number of hydrogen-bond acceptors (Lipinski definition) is 4. The van der Waals surface area contributed by atoms with Gasteiger partial charge in [0.15, 0.2) is 0 Å². The highest BCUT2D eigenvalue weighted by Crippen LogP contribution is 2.26. The van der Waals surface area contributed by atoms with Crippen LogP contribution in [-0.4, -0.2) is 61.7 Å². The third-order valence-corrected chi connectivity index (χ3v) is 7.05. The topological polar surface area (TPSA) is 86.8 Å². The van der Waals surface area contributed by atoms with E-state index in [1.54, 1.807) is 36.1 Å². The SMILES string of the molecule is Cc1ccc(S(=O)(=O)N2CCCC(C(=O)N3CCNC(=O)C3C)C2)cc1. The van der Waals surface area contributed by atoms with Crippen molar-refractivity contribution < 1.29 is 18.0 Å². The predicted octanol–water partition coefficient (Wildman–Crippen LogP) is 0.743. The van der Waals surface area contributed by atoms with Crippen molar-refractivity contribution in [2.75, 3.05) is 26.2 Å². The zero-order chi connectivity index (χ0) is 18.9. The van der Waals surface area contributed by atoms with Crippen LogP contribution in [0.15, 0.2) is 29.2 Å². The molecule has 2 fully saturated rings. The van der Waals surface area contributed by atoms with Crippen LogP contribution in [0.2, 0.25) is 0 Å². The minimum Gasteiger partial charge on any atom is -0.353 e. The van der Waals surface area contributed by atoms with Crippen molar-refractivity contribution in [3.05, 3.63) is 29.8 Å². The van der Waals surface area contributed by atoms with Gasteiger partial charge in [0.2, 0.25) is 21.8 Å². The Balaban J connectivity index is 1.75. The molecule has 26 heavy (non-hydrogen) atoms. The smallest absolute Gasteiger partial charge is 0.243 e. The molecule has 0 aromatic heterocycles. The van der Waals surface area contributed by atoms with E-state index < -0.39 is 22.0 Å².